The molecule has 0 saturated carbocycles. The van der Waals surface area contributed by atoms with Crippen LogP contribution >= 0.6 is 0 Å². The van der Waals surface area contributed by atoms with Crippen LogP contribution in [0.1, 0.15) is 28.9 Å². The van der Waals surface area contributed by atoms with Gasteiger partial charge in [-0.1, -0.05) is 17.7 Å². The van der Waals surface area contributed by atoms with E-state index in [1.54, 1.807) is 6.26 Å². The standard InChI is InChI=1S/C17H23NO2/c1-13-10-14(2)17(15(3)11-13)20-9-5-7-18-12-16-6-4-8-19-16/h4,6,8,10-11,18H,5,7,9,12H2,1-3H3/p+1. The quantitative estimate of drug-likeness (QED) is 0.789. The maximum atomic E-state index is 5.92. The van der Waals surface area contributed by atoms with Gasteiger partial charge in [-0.2, -0.15) is 0 Å². The van der Waals surface area contributed by atoms with Crippen molar-refractivity contribution in [1.82, 2.24) is 0 Å². The van der Waals surface area contributed by atoms with E-state index in [2.05, 4.69) is 38.2 Å². The van der Waals surface area contributed by atoms with E-state index in [-0.39, 0.29) is 0 Å². The molecule has 0 amide bonds. The second-order valence-corrected chi connectivity index (χ2v) is 5.29. The Kier molecular flexibility index (Phi) is 5.24. The molecule has 3 heteroatoms. The maximum Gasteiger partial charge on any atom is 0.157 e. The summed E-state index contributed by atoms with van der Waals surface area (Å²) in [6.07, 6.45) is 2.75. The molecular weight excluding hydrogens is 250 g/mol. The molecule has 0 radical (unpaired) electrons. The number of nitrogens with two attached hydrogens (primary N) is 1. The van der Waals surface area contributed by atoms with E-state index < -0.39 is 0 Å². The third-order valence-electron chi connectivity index (χ3n) is 3.33. The summed E-state index contributed by atoms with van der Waals surface area (Å²) in [5.74, 6) is 2.07. The molecule has 0 aliphatic carbocycles. The van der Waals surface area contributed by atoms with Crippen molar-refractivity contribution in [2.45, 2.75) is 33.7 Å². The zero-order valence-electron chi connectivity index (χ0n) is 12.6. The largest absolute Gasteiger partial charge is 0.493 e. The molecule has 0 bridgehead atoms. The van der Waals surface area contributed by atoms with Gasteiger partial charge in [-0.25, -0.2) is 0 Å². The van der Waals surface area contributed by atoms with Crippen molar-refractivity contribution in [3.63, 3.8) is 0 Å². The lowest BCUT2D eigenvalue weighted by molar-refractivity contribution is -0.672. The highest BCUT2D eigenvalue weighted by Crippen LogP contribution is 2.24. The highest BCUT2D eigenvalue weighted by Gasteiger charge is 2.05. The molecule has 0 fully saturated rings. The summed E-state index contributed by atoms with van der Waals surface area (Å²) in [4.78, 5) is 0. The Hall–Kier alpha value is -1.74. The fourth-order valence-corrected chi connectivity index (χ4v) is 2.47. The van der Waals surface area contributed by atoms with E-state index in [0.29, 0.717) is 0 Å². The lowest BCUT2D eigenvalue weighted by Crippen LogP contribution is -2.82. The fourth-order valence-electron chi connectivity index (χ4n) is 2.47. The normalized spacial score (nSPS) is 10.8. The first-order valence-electron chi connectivity index (χ1n) is 7.21. The van der Waals surface area contributed by atoms with Gasteiger partial charge < -0.3 is 14.5 Å². The molecule has 0 aliphatic rings. The summed E-state index contributed by atoms with van der Waals surface area (Å²) in [7, 11) is 0. The molecule has 1 heterocycles. The van der Waals surface area contributed by atoms with Crippen LogP contribution in [0.25, 0.3) is 0 Å². The summed E-state index contributed by atoms with van der Waals surface area (Å²) in [5, 5.41) is 2.25. The molecule has 2 rings (SSSR count). The third kappa shape index (κ3) is 4.14. The predicted molar refractivity (Wildman–Crippen MR) is 80.0 cm³/mol. The summed E-state index contributed by atoms with van der Waals surface area (Å²) in [6, 6.07) is 8.28. The van der Waals surface area contributed by atoms with Crippen LogP contribution in [-0.2, 0) is 6.54 Å². The van der Waals surface area contributed by atoms with Crippen molar-refractivity contribution in [3.05, 3.63) is 53.0 Å². The second-order valence-electron chi connectivity index (χ2n) is 5.29. The van der Waals surface area contributed by atoms with E-state index in [9.17, 15) is 0 Å². The molecule has 0 spiro atoms. The molecule has 2 N–H and O–H groups in total. The highest BCUT2D eigenvalue weighted by atomic mass is 16.5. The zero-order chi connectivity index (χ0) is 14.4. The first-order valence-corrected chi connectivity index (χ1v) is 7.21. The number of quaternary nitrogens is 1. The van der Waals surface area contributed by atoms with Gasteiger partial charge in [-0.05, 0) is 44.0 Å². The Bertz CT molecular complexity index is 509. The molecule has 108 valence electrons. The Morgan fingerprint density at radius 2 is 1.90 bits per heavy atom. The first kappa shape index (κ1) is 14.7. The minimum Gasteiger partial charge on any atom is -0.493 e. The number of hydrogen-bond donors (Lipinski definition) is 1. The van der Waals surface area contributed by atoms with Crippen LogP contribution in [-0.4, -0.2) is 13.2 Å². The Balaban J connectivity index is 1.68. The number of aryl methyl sites for hydroxylation is 3. The third-order valence-corrected chi connectivity index (χ3v) is 3.33. The maximum absolute atomic E-state index is 5.92. The molecule has 0 aliphatic heterocycles. The lowest BCUT2D eigenvalue weighted by Gasteiger charge is -2.12. The second kappa shape index (κ2) is 7.15. The number of furan rings is 1. The van der Waals surface area contributed by atoms with Gasteiger partial charge in [0.05, 0.1) is 19.4 Å². The fraction of sp³-hybridized carbons (Fsp3) is 0.412. The zero-order valence-corrected chi connectivity index (χ0v) is 12.6. The Morgan fingerprint density at radius 1 is 1.15 bits per heavy atom. The van der Waals surface area contributed by atoms with Crippen molar-refractivity contribution in [2.75, 3.05) is 13.2 Å². The minimum atomic E-state index is 0.763. The van der Waals surface area contributed by atoms with Crippen molar-refractivity contribution in [3.8, 4) is 5.75 Å². The monoisotopic (exact) mass is 274 g/mol. The number of rotatable bonds is 7. The van der Waals surface area contributed by atoms with Gasteiger partial charge in [0, 0.05) is 6.42 Å². The molecule has 1 aromatic heterocycles. The molecule has 1 aromatic carbocycles. The van der Waals surface area contributed by atoms with Crippen LogP contribution in [0, 0.1) is 20.8 Å². The van der Waals surface area contributed by atoms with Crippen LogP contribution in [0.3, 0.4) is 0 Å². The summed E-state index contributed by atoms with van der Waals surface area (Å²) < 4.78 is 11.2. The highest BCUT2D eigenvalue weighted by molar-refractivity contribution is 5.42. The van der Waals surface area contributed by atoms with Crippen molar-refractivity contribution in [2.24, 2.45) is 0 Å². The van der Waals surface area contributed by atoms with Gasteiger partial charge in [0.25, 0.3) is 0 Å². The van der Waals surface area contributed by atoms with Crippen molar-refractivity contribution < 1.29 is 14.5 Å². The van der Waals surface area contributed by atoms with Crippen LogP contribution < -0.4 is 10.1 Å². The Labute approximate surface area is 121 Å². The number of ether oxygens (including phenoxy) is 1. The molecular formula is C17H24NO2+. The summed E-state index contributed by atoms with van der Waals surface area (Å²) in [6.45, 7) is 9.05. The van der Waals surface area contributed by atoms with E-state index in [1.807, 2.05) is 12.1 Å². The van der Waals surface area contributed by atoms with Gasteiger partial charge in [0.2, 0.25) is 0 Å². The van der Waals surface area contributed by atoms with Gasteiger partial charge in [0.1, 0.15) is 12.3 Å². The average molecular weight is 274 g/mol. The van der Waals surface area contributed by atoms with Gasteiger partial charge in [0.15, 0.2) is 5.76 Å². The van der Waals surface area contributed by atoms with Crippen LogP contribution in [0.5, 0.6) is 5.75 Å². The van der Waals surface area contributed by atoms with Gasteiger partial charge >= 0.3 is 0 Å². The van der Waals surface area contributed by atoms with E-state index in [1.165, 1.54) is 16.7 Å². The van der Waals surface area contributed by atoms with Crippen LogP contribution in [0.15, 0.2) is 34.9 Å². The van der Waals surface area contributed by atoms with Gasteiger partial charge in [-0.3, -0.25) is 0 Å². The SMILES string of the molecule is Cc1cc(C)c(OCCC[NH2+]Cc2ccco2)c(C)c1. The van der Waals surface area contributed by atoms with Crippen LogP contribution in [0.4, 0.5) is 0 Å². The predicted octanol–water partition coefficient (Wildman–Crippen LogP) is 2.74. The summed E-state index contributed by atoms with van der Waals surface area (Å²) >= 11 is 0. The van der Waals surface area contributed by atoms with E-state index in [4.69, 9.17) is 9.15 Å². The first-order chi connectivity index (χ1) is 9.66. The number of benzene rings is 1. The van der Waals surface area contributed by atoms with Crippen molar-refractivity contribution >= 4 is 0 Å². The number of hydrogen-bond acceptors (Lipinski definition) is 2. The smallest absolute Gasteiger partial charge is 0.157 e. The topological polar surface area (TPSA) is 39.0 Å². The van der Waals surface area contributed by atoms with Crippen molar-refractivity contribution in [1.29, 1.82) is 0 Å². The molecule has 2 aromatic rings. The van der Waals surface area contributed by atoms with E-state index >= 15 is 0 Å². The van der Waals surface area contributed by atoms with Crippen LogP contribution in [0.2, 0.25) is 0 Å². The molecule has 20 heavy (non-hydrogen) atoms. The Morgan fingerprint density at radius 3 is 2.55 bits per heavy atom. The molecule has 0 atom stereocenters. The molecule has 3 nitrogen and oxygen atoms in total. The molecule has 0 unspecified atom stereocenters. The molecule has 0 saturated heterocycles. The van der Waals surface area contributed by atoms with E-state index in [0.717, 1.165) is 37.6 Å². The summed E-state index contributed by atoms with van der Waals surface area (Å²) in [5.41, 5.74) is 3.74. The van der Waals surface area contributed by atoms with Gasteiger partial charge in [-0.15, -0.1) is 0 Å². The minimum absolute atomic E-state index is 0.763. The lowest BCUT2D eigenvalue weighted by atomic mass is 10.1. The average Bonchev–Trinajstić information content (AvgIpc) is 2.89.